The van der Waals surface area contributed by atoms with Crippen LogP contribution in [0.15, 0.2) is 30.3 Å². The van der Waals surface area contributed by atoms with E-state index in [0.29, 0.717) is 13.0 Å². The molecule has 21 heavy (non-hydrogen) atoms. The van der Waals surface area contributed by atoms with Crippen molar-refractivity contribution in [3.05, 3.63) is 35.9 Å². The van der Waals surface area contributed by atoms with E-state index < -0.39 is 0 Å². The van der Waals surface area contributed by atoms with Gasteiger partial charge in [0.2, 0.25) is 5.91 Å². The number of hydrogen-bond acceptors (Lipinski definition) is 3. The molecule has 1 aliphatic rings. The Morgan fingerprint density at radius 2 is 2.14 bits per heavy atom. The monoisotopic (exact) mass is 290 g/mol. The highest BCUT2D eigenvalue weighted by atomic mass is 16.3. The van der Waals surface area contributed by atoms with E-state index in [0.717, 1.165) is 25.9 Å². The Labute approximate surface area is 127 Å². The van der Waals surface area contributed by atoms with Crippen molar-refractivity contribution in [2.75, 3.05) is 20.1 Å². The predicted octanol–water partition coefficient (Wildman–Crippen LogP) is 1.88. The number of likely N-dealkylation sites (N-methyl/N-ethyl adjacent to an activating group) is 1. The van der Waals surface area contributed by atoms with Gasteiger partial charge in [-0.25, -0.2) is 0 Å². The smallest absolute Gasteiger partial charge is 0.239 e. The van der Waals surface area contributed by atoms with E-state index in [1.165, 1.54) is 5.56 Å². The van der Waals surface area contributed by atoms with Gasteiger partial charge in [0.05, 0.1) is 12.1 Å². The van der Waals surface area contributed by atoms with Gasteiger partial charge in [-0.2, -0.15) is 0 Å². The van der Waals surface area contributed by atoms with Gasteiger partial charge < -0.3 is 10.0 Å². The van der Waals surface area contributed by atoms with Gasteiger partial charge >= 0.3 is 0 Å². The summed E-state index contributed by atoms with van der Waals surface area (Å²) >= 11 is 0. The summed E-state index contributed by atoms with van der Waals surface area (Å²) in [6.07, 6.45) is 2.29. The second-order valence-corrected chi connectivity index (χ2v) is 6.01. The Balaban J connectivity index is 1.93. The van der Waals surface area contributed by atoms with Gasteiger partial charge in [-0.3, -0.25) is 9.69 Å². The van der Waals surface area contributed by atoms with Crippen LogP contribution in [0.4, 0.5) is 0 Å². The molecule has 1 aromatic carbocycles. The number of hydrogen-bond donors (Lipinski definition) is 1. The average Bonchev–Trinajstić information content (AvgIpc) is 2.93. The Morgan fingerprint density at radius 1 is 1.43 bits per heavy atom. The zero-order chi connectivity index (χ0) is 15.2. The lowest BCUT2D eigenvalue weighted by Crippen LogP contribution is -2.44. The van der Waals surface area contributed by atoms with E-state index >= 15 is 0 Å². The number of rotatable bonds is 6. The first-order valence-corrected chi connectivity index (χ1v) is 7.79. The number of aliphatic hydroxyl groups excluding tert-OH is 1. The molecule has 1 N–H and O–H groups in total. The van der Waals surface area contributed by atoms with Gasteiger partial charge in [-0.1, -0.05) is 30.3 Å². The Hall–Kier alpha value is -1.39. The van der Waals surface area contributed by atoms with Crippen LogP contribution in [0.3, 0.4) is 0 Å². The Morgan fingerprint density at radius 3 is 2.81 bits per heavy atom. The van der Waals surface area contributed by atoms with Gasteiger partial charge in [-0.15, -0.1) is 0 Å². The van der Waals surface area contributed by atoms with Crippen molar-refractivity contribution in [1.82, 2.24) is 9.80 Å². The fourth-order valence-corrected chi connectivity index (χ4v) is 2.86. The van der Waals surface area contributed by atoms with E-state index in [1.54, 1.807) is 11.8 Å². The van der Waals surface area contributed by atoms with Gasteiger partial charge in [0.1, 0.15) is 0 Å². The molecule has 2 unspecified atom stereocenters. The largest absolute Gasteiger partial charge is 0.393 e. The molecule has 2 atom stereocenters. The molecule has 0 saturated carbocycles. The number of amides is 1. The minimum Gasteiger partial charge on any atom is -0.393 e. The summed E-state index contributed by atoms with van der Waals surface area (Å²) in [5, 5.41) is 9.35. The number of benzene rings is 1. The van der Waals surface area contributed by atoms with Crippen LogP contribution in [-0.2, 0) is 11.3 Å². The van der Waals surface area contributed by atoms with Crippen molar-refractivity contribution in [1.29, 1.82) is 0 Å². The average molecular weight is 290 g/mol. The van der Waals surface area contributed by atoms with Crippen molar-refractivity contribution in [3.63, 3.8) is 0 Å². The summed E-state index contributed by atoms with van der Waals surface area (Å²) in [5.74, 6) is 0.184. The Bertz CT molecular complexity index is 447. The predicted molar refractivity (Wildman–Crippen MR) is 83.8 cm³/mol. The molecule has 1 saturated heterocycles. The molecule has 1 aliphatic heterocycles. The molecule has 1 amide bonds. The number of carbonyl (C=O) groups is 1. The van der Waals surface area contributed by atoms with Gasteiger partial charge in [0.25, 0.3) is 0 Å². The summed E-state index contributed by atoms with van der Waals surface area (Å²) in [7, 11) is 1.84. The van der Waals surface area contributed by atoms with Crippen molar-refractivity contribution in [2.45, 2.75) is 44.9 Å². The molecule has 0 bridgehead atoms. The van der Waals surface area contributed by atoms with Gasteiger partial charge in [0.15, 0.2) is 0 Å². The zero-order valence-electron chi connectivity index (χ0n) is 13.0. The molecule has 116 valence electrons. The molecule has 0 spiro atoms. The van der Waals surface area contributed by atoms with Crippen LogP contribution in [0.2, 0.25) is 0 Å². The highest BCUT2D eigenvalue weighted by molar-refractivity contribution is 5.82. The van der Waals surface area contributed by atoms with Crippen LogP contribution >= 0.6 is 0 Å². The lowest BCUT2D eigenvalue weighted by Gasteiger charge is -2.28. The van der Waals surface area contributed by atoms with Gasteiger partial charge in [-0.05, 0) is 38.3 Å². The quantitative estimate of drug-likeness (QED) is 0.870. The van der Waals surface area contributed by atoms with Crippen LogP contribution in [0.1, 0.15) is 31.7 Å². The third-order valence-corrected chi connectivity index (χ3v) is 4.14. The van der Waals surface area contributed by atoms with E-state index in [2.05, 4.69) is 17.0 Å². The van der Waals surface area contributed by atoms with Crippen molar-refractivity contribution in [3.8, 4) is 0 Å². The summed E-state index contributed by atoms with van der Waals surface area (Å²) in [6.45, 7) is 4.19. The number of aliphatic hydroxyl groups is 1. The summed E-state index contributed by atoms with van der Waals surface area (Å²) in [4.78, 5) is 16.6. The molecule has 4 heteroatoms. The minimum absolute atomic E-state index is 0.01000. The van der Waals surface area contributed by atoms with E-state index in [-0.39, 0.29) is 18.1 Å². The molecule has 1 fully saturated rings. The molecule has 1 aromatic rings. The lowest BCUT2D eigenvalue weighted by molar-refractivity contribution is -0.135. The van der Waals surface area contributed by atoms with Crippen LogP contribution < -0.4 is 0 Å². The summed E-state index contributed by atoms with van der Waals surface area (Å²) in [5.41, 5.74) is 1.25. The van der Waals surface area contributed by atoms with E-state index in [4.69, 9.17) is 0 Å². The molecule has 4 nitrogen and oxygen atoms in total. The first kappa shape index (κ1) is 16.0. The van der Waals surface area contributed by atoms with E-state index in [1.807, 2.05) is 25.2 Å². The maximum atomic E-state index is 12.6. The maximum absolute atomic E-state index is 12.6. The number of likely N-dealkylation sites (tertiary alicyclic amines) is 1. The number of nitrogens with zero attached hydrogens (tertiary/aromatic N) is 2. The standard InChI is InChI=1S/C17H26N2O2/c1-14(20)10-12-18(2)17(21)16-9-6-11-19(16)13-15-7-4-3-5-8-15/h3-5,7-8,14,16,20H,6,9-13H2,1-2H3. The molecule has 0 aliphatic carbocycles. The molecular weight excluding hydrogens is 264 g/mol. The van der Waals surface area contributed by atoms with Crippen molar-refractivity contribution in [2.24, 2.45) is 0 Å². The molecular formula is C17H26N2O2. The molecule has 1 heterocycles. The fraction of sp³-hybridized carbons (Fsp3) is 0.588. The molecule has 0 radical (unpaired) electrons. The molecule has 0 aromatic heterocycles. The summed E-state index contributed by atoms with van der Waals surface area (Å²) < 4.78 is 0. The fourth-order valence-electron chi connectivity index (χ4n) is 2.86. The second-order valence-electron chi connectivity index (χ2n) is 6.01. The third kappa shape index (κ3) is 4.55. The summed E-state index contributed by atoms with van der Waals surface area (Å²) in [6, 6.07) is 10.3. The SMILES string of the molecule is CC(O)CCN(C)C(=O)C1CCCN1Cc1ccccc1. The van der Waals surface area contributed by atoms with Crippen LogP contribution in [-0.4, -0.2) is 53.1 Å². The van der Waals surface area contributed by atoms with Crippen LogP contribution in [0.25, 0.3) is 0 Å². The third-order valence-electron chi connectivity index (χ3n) is 4.14. The highest BCUT2D eigenvalue weighted by Crippen LogP contribution is 2.21. The van der Waals surface area contributed by atoms with E-state index in [9.17, 15) is 9.90 Å². The lowest BCUT2D eigenvalue weighted by atomic mass is 10.1. The zero-order valence-corrected chi connectivity index (χ0v) is 13.0. The second kappa shape index (κ2) is 7.57. The van der Waals surface area contributed by atoms with Crippen LogP contribution in [0.5, 0.6) is 0 Å². The van der Waals surface area contributed by atoms with Gasteiger partial charge in [0, 0.05) is 20.1 Å². The van der Waals surface area contributed by atoms with Crippen molar-refractivity contribution >= 4 is 5.91 Å². The maximum Gasteiger partial charge on any atom is 0.239 e. The first-order chi connectivity index (χ1) is 10.1. The topological polar surface area (TPSA) is 43.8 Å². The molecule has 2 rings (SSSR count). The van der Waals surface area contributed by atoms with Crippen molar-refractivity contribution < 1.29 is 9.90 Å². The normalized spacial score (nSPS) is 20.4. The first-order valence-electron chi connectivity index (χ1n) is 7.79. The van der Waals surface area contributed by atoms with Crippen LogP contribution in [0, 0.1) is 0 Å². The minimum atomic E-state index is -0.357. The Kier molecular flexibility index (Phi) is 5.76. The number of carbonyl (C=O) groups excluding carboxylic acids is 1. The highest BCUT2D eigenvalue weighted by Gasteiger charge is 2.32.